The molecule has 35 heavy (non-hydrogen) atoms. The largest absolute Gasteiger partial charge is 0.454 e. The van der Waals surface area contributed by atoms with Crippen molar-refractivity contribution in [3.8, 4) is 11.5 Å². The van der Waals surface area contributed by atoms with Gasteiger partial charge in [0.1, 0.15) is 0 Å². The summed E-state index contributed by atoms with van der Waals surface area (Å²) in [6.45, 7) is 1.98. The fraction of sp³-hybridized carbons (Fsp3) is 0.231. The Morgan fingerprint density at radius 2 is 1.54 bits per heavy atom. The van der Waals surface area contributed by atoms with Gasteiger partial charge in [0.25, 0.3) is 5.91 Å². The van der Waals surface area contributed by atoms with Crippen molar-refractivity contribution in [2.75, 3.05) is 40.7 Å². The number of hydrogen-bond donors (Lipinski definition) is 3. The van der Waals surface area contributed by atoms with Crippen molar-refractivity contribution in [2.45, 2.75) is 19.3 Å². The number of piperidine rings is 1. The van der Waals surface area contributed by atoms with Gasteiger partial charge in [-0.15, -0.1) is 0 Å². The second kappa shape index (κ2) is 10.1. The van der Waals surface area contributed by atoms with Gasteiger partial charge in [-0.3, -0.25) is 4.79 Å². The summed E-state index contributed by atoms with van der Waals surface area (Å²) >= 11 is 6.17. The average Bonchev–Trinajstić information content (AvgIpc) is 3.33. The molecule has 3 aromatic rings. The number of halogens is 1. The molecule has 0 spiro atoms. The lowest BCUT2D eigenvalue weighted by Gasteiger charge is -2.31. The Hall–Kier alpha value is -3.91. The number of rotatable bonds is 5. The summed E-state index contributed by atoms with van der Waals surface area (Å²) in [6.07, 6.45) is 3.37. The van der Waals surface area contributed by atoms with Crippen molar-refractivity contribution in [3.05, 3.63) is 71.2 Å². The maximum absolute atomic E-state index is 12.9. The summed E-state index contributed by atoms with van der Waals surface area (Å²) in [5, 5.41) is 9.03. The number of anilines is 4. The van der Waals surface area contributed by atoms with Crippen LogP contribution in [0.5, 0.6) is 11.5 Å². The van der Waals surface area contributed by atoms with Crippen molar-refractivity contribution < 1.29 is 19.1 Å². The topological polar surface area (TPSA) is 91.9 Å². The number of amides is 3. The van der Waals surface area contributed by atoms with Gasteiger partial charge < -0.3 is 30.3 Å². The zero-order valence-corrected chi connectivity index (χ0v) is 19.7. The van der Waals surface area contributed by atoms with Crippen LogP contribution in [0.25, 0.3) is 0 Å². The number of benzene rings is 3. The van der Waals surface area contributed by atoms with E-state index in [9.17, 15) is 9.59 Å². The predicted octanol–water partition coefficient (Wildman–Crippen LogP) is 5.96. The van der Waals surface area contributed by atoms with Gasteiger partial charge in [0, 0.05) is 30.5 Å². The van der Waals surface area contributed by atoms with Crippen molar-refractivity contribution in [2.24, 2.45) is 0 Å². The second-order valence-corrected chi connectivity index (χ2v) is 8.77. The van der Waals surface area contributed by atoms with Crippen LogP contribution in [0.1, 0.15) is 29.6 Å². The Morgan fingerprint density at radius 1 is 0.800 bits per heavy atom. The smallest absolute Gasteiger partial charge is 0.323 e. The molecule has 0 radical (unpaired) electrons. The molecule has 3 amide bonds. The molecule has 0 aromatic heterocycles. The van der Waals surface area contributed by atoms with Crippen LogP contribution in [0, 0.1) is 0 Å². The highest BCUT2D eigenvalue weighted by Gasteiger charge is 2.19. The molecule has 9 heteroatoms. The number of urea groups is 1. The fourth-order valence-corrected chi connectivity index (χ4v) is 4.45. The number of carbonyl (C=O) groups excluding carboxylic acids is 2. The molecule has 0 aliphatic carbocycles. The number of nitrogens with one attached hydrogen (secondary N) is 3. The van der Waals surface area contributed by atoms with E-state index in [4.69, 9.17) is 21.1 Å². The van der Waals surface area contributed by atoms with Crippen LogP contribution in [0.2, 0.25) is 5.02 Å². The van der Waals surface area contributed by atoms with Crippen LogP contribution >= 0.6 is 11.6 Å². The fourth-order valence-electron chi connectivity index (χ4n) is 4.23. The number of carbonyl (C=O) groups is 2. The molecular formula is C26H25ClN4O4. The molecule has 0 saturated carbocycles. The quantitative estimate of drug-likeness (QED) is 0.409. The van der Waals surface area contributed by atoms with E-state index in [0.717, 1.165) is 31.6 Å². The number of hydrogen-bond acceptors (Lipinski definition) is 5. The molecule has 180 valence electrons. The highest BCUT2D eigenvalue weighted by atomic mass is 35.5. The summed E-state index contributed by atoms with van der Waals surface area (Å²) in [4.78, 5) is 27.9. The summed E-state index contributed by atoms with van der Waals surface area (Å²) < 4.78 is 10.7. The first-order chi connectivity index (χ1) is 17.1. The normalized spacial score (nSPS) is 14.4. The Bertz CT molecular complexity index is 1260. The van der Waals surface area contributed by atoms with Crippen LogP contribution in [-0.4, -0.2) is 31.8 Å². The standard InChI is InChI=1S/C26H25ClN4O4/c27-20-7-3-2-6-19(20)25(32)28-17-8-10-22(31-12-4-1-5-13-31)21(14-17)30-26(33)29-18-9-11-23-24(15-18)35-16-34-23/h2-3,6-11,14-15H,1,4-5,12-13,16H2,(H,28,32)(H2,29,30,33). The first-order valence-corrected chi connectivity index (χ1v) is 11.9. The lowest BCUT2D eigenvalue weighted by molar-refractivity contribution is 0.102. The number of fused-ring (bicyclic) bond motifs is 1. The third-order valence-corrected chi connectivity index (χ3v) is 6.28. The molecule has 1 fully saturated rings. The minimum absolute atomic E-state index is 0.164. The van der Waals surface area contributed by atoms with Crippen molar-refractivity contribution in [1.29, 1.82) is 0 Å². The minimum atomic E-state index is -0.406. The van der Waals surface area contributed by atoms with Crippen molar-refractivity contribution in [3.63, 3.8) is 0 Å². The van der Waals surface area contributed by atoms with Crippen LogP contribution < -0.4 is 30.3 Å². The predicted molar refractivity (Wildman–Crippen MR) is 137 cm³/mol. The number of nitrogens with zero attached hydrogens (tertiary/aromatic N) is 1. The van der Waals surface area contributed by atoms with Gasteiger partial charge in [-0.05, 0) is 61.7 Å². The van der Waals surface area contributed by atoms with E-state index < -0.39 is 6.03 Å². The van der Waals surface area contributed by atoms with E-state index in [1.807, 2.05) is 12.1 Å². The molecule has 5 rings (SSSR count). The SMILES string of the molecule is O=C(Nc1ccc2c(c1)OCO2)Nc1cc(NC(=O)c2ccccc2Cl)ccc1N1CCCCC1. The molecule has 3 aromatic carbocycles. The van der Waals surface area contributed by atoms with E-state index in [0.29, 0.717) is 39.1 Å². The molecule has 8 nitrogen and oxygen atoms in total. The first kappa shape index (κ1) is 22.9. The average molecular weight is 493 g/mol. The van der Waals surface area contributed by atoms with Crippen molar-refractivity contribution >= 4 is 46.3 Å². The van der Waals surface area contributed by atoms with E-state index >= 15 is 0 Å². The molecule has 3 N–H and O–H groups in total. The maximum Gasteiger partial charge on any atom is 0.323 e. The number of ether oxygens (including phenoxy) is 2. The minimum Gasteiger partial charge on any atom is -0.454 e. The molecular weight excluding hydrogens is 468 g/mol. The van der Waals surface area contributed by atoms with Gasteiger partial charge >= 0.3 is 6.03 Å². The molecule has 2 aliphatic heterocycles. The van der Waals surface area contributed by atoms with Gasteiger partial charge in [0.05, 0.1) is 22.0 Å². The van der Waals surface area contributed by atoms with E-state index in [1.165, 1.54) is 6.42 Å². The van der Waals surface area contributed by atoms with Gasteiger partial charge in [-0.2, -0.15) is 0 Å². The molecule has 2 aliphatic rings. The summed E-state index contributed by atoms with van der Waals surface area (Å²) in [5.41, 5.74) is 3.01. The third-order valence-electron chi connectivity index (χ3n) is 5.95. The van der Waals surface area contributed by atoms with Gasteiger partial charge in [0.15, 0.2) is 11.5 Å². The molecule has 2 heterocycles. The van der Waals surface area contributed by atoms with E-state index in [1.54, 1.807) is 48.5 Å². The summed E-state index contributed by atoms with van der Waals surface area (Å²) in [6, 6.07) is 17.2. The van der Waals surface area contributed by atoms with Gasteiger partial charge in [0.2, 0.25) is 6.79 Å². The Labute approximate surface area is 208 Å². The first-order valence-electron chi connectivity index (χ1n) is 11.5. The van der Waals surface area contributed by atoms with Gasteiger partial charge in [-0.1, -0.05) is 23.7 Å². The molecule has 0 atom stereocenters. The maximum atomic E-state index is 12.9. The monoisotopic (exact) mass is 492 g/mol. The molecule has 0 bridgehead atoms. The molecule has 1 saturated heterocycles. The zero-order chi connectivity index (χ0) is 24.2. The summed E-state index contributed by atoms with van der Waals surface area (Å²) in [7, 11) is 0. The Balaban J connectivity index is 1.36. The van der Waals surface area contributed by atoms with Crippen LogP contribution in [0.3, 0.4) is 0 Å². The highest BCUT2D eigenvalue weighted by molar-refractivity contribution is 6.34. The van der Waals surface area contributed by atoms with Crippen LogP contribution in [-0.2, 0) is 0 Å². The third kappa shape index (κ3) is 5.27. The Morgan fingerprint density at radius 3 is 2.37 bits per heavy atom. The van der Waals surface area contributed by atoms with Crippen LogP contribution in [0.15, 0.2) is 60.7 Å². The molecule has 0 unspecified atom stereocenters. The van der Waals surface area contributed by atoms with Crippen LogP contribution in [0.4, 0.5) is 27.5 Å². The van der Waals surface area contributed by atoms with Gasteiger partial charge in [-0.25, -0.2) is 4.79 Å². The second-order valence-electron chi connectivity index (χ2n) is 8.36. The zero-order valence-electron chi connectivity index (χ0n) is 19.0. The van der Waals surface area contributed by atoms with E-state index in [2.05, 4.69) is 20.9 Å². The lowest BCUT2D eigenvalue weighted by Crippen LogP contribution is -2.31. The Kier molecular flexibility index (Phi) is 6.63. The van der Waals surface area contributed by atoms with Crippen molar-refractivity contribution in [1.82, 2.24) is 0 Å². The van der Waals surface area contributed by atoms with E-state index in [-0.39, 0.29) is 12.7 Å². The highest BCUT2D eigenvalue weighted by Crippen LogP contribution is 2.35. The summed E-state index contributed by atoms with van der Waals surface area (Å²) in [5.74, 6) is 0.906. The lowest BCUT2D eigenvalue weighted by atomic mass is 10.1.